The molecular formula is C9H20N2O. The van der Waals surface area contributed by atoms with Crippen LogP contribution >= 0.6 is 0 Å². The number of hydrogen-bond donors (Lipinski definition) is 1. The Labute approximate surface area is 75.1 Å². The summed E-state index contributed by atoms with van der Waals surface area (Å²) in [5.41, 5.74) is 0. The number of hydrogen-bond acceptors (Lipinski definition) is 3. The van der Waals surface area contributed by atoms with Gasteiger partial charge in [0.05, 0.1) is 12.2 Å². The van der Waals surface area contributed by atoms with Crippen molar-refractivity contribution in [3.05, 3.63) is 0 Å². The van der Waals surface area contributed by atoms with E-state index in [1.165, 1.54) is 12.8 Å². The van der Waals surface area contributed by atoms with Gasteiger partial charge in [0, 0.05) is 13.1 Å². The van der Waals surface area contributed by atoms with Crippen molar-refractivity contribution >= 4 is 0 Å². The molecule has 0 amide bonds. The van der Waals surface area contributed by atoms with Crippen LogP contribution in [0.25, 0.3) is 0 Å². The van der Waals surface area contributed by atoms with Crippen molar-refractivity contribution < 1.29 is 4.74 Å². The second-order valence-corrected chi connectivity index (χ2v) is 3.78. The summed E-state index contributed by atoms with van der Waals surface area (Å²) in [6.07, 6.45) is 3.32. The first-order valence-electron chi connectivity index (χ1n) is 4.67. The summed E-state index contributed by atoms with van der Waals surface area (Å²) in [4.78, 5) is 2.19. The van der Waals surface area contributed by atoms with Crippen molar-refractivity contribution in [2.45, 2.75) is 25.0 Å². The summed E-state index contributed by atoms with van der Waals surface area (Å²) >= 11 is 0. The second-order valence-electron chi connectivity index (χ2n) is 3.78. The van der Waals surface area contributed by atoms with E-state index in [-0.39, 0.29) is 0 Å². The molecule has 3 heteroatoms. The molecule has 1 aliphatic rings. The first kappa shape index (κ1) is 9.96. The Hall–Kier alpha value is -0.120. The van der Waals surface area contributed by atoms with Crippen LogP contribution < -0.4 is 5.32 Å². The van der Waals surface area contributed by atoms with E-state index < -0.39 is 0 Å². The van der Waals surface area contributed by atoms with Crippen molar-refractivity contribution in [3.63, 3.8) is 0 Å². The van der Waals surface area contributed by atoms with Gasteiger partial charge in [-0.2, -0.15) is 0 Å². The molecule has 2 atom stereocenters. The highest BCUT2D eigenvalue weighted by molar-refractivity contribution is 4.76. The van der Waals surface area contributed by atoms with Gasteiger partial charge in [0.1, 0.15) is 0 Å². The van der Waals surface area contributed by atoms with Gasteiger partial charge in [-0.15, -0.1) is 0 Å². The number of nitrogens with one attached hydrogen (secondary N) is 1. The Morgan fingerprint density at radius 2 is 2.00 bits per heavy atom. The average molecular weight is 172 g/mol. The molecule has 0 aromatic heterocycles. The van der Waals surface area contributed by atoms with Crippen molar-refractivity contribution in [3.8, 4) is 0 Å². The number of nitrogens with zero attached hydrogens (tertiary/aromatic N) is 1. The lowest BCUT2D eigenvalue weighted by Gasteiger charge is -2.17. The molecule has 1 rings (SSSR count). The molecule has 72 valence electrons. The minimum Gasteiger partial charge on any atom is -0.372 e. The predicted octanol–water partition coefficient (Wildman–Crippen LogP) is 0.315. The summed E-state index contributed by atoms with van der Waals surface area (Å²) in [6.45, 7) is 2.05. The summed E-state index contributed by atoms with van der Waals surface area (Å²) in [5, 5.41) is 3.14. The van der Waals surface area contributed by atoms with Crippen LogP contribution in [0.5, 0.6) is 0 Å². The third-order valence-electron chi connectivity index (χ3n) is 2.20. The Balaban J connectivity index is 2.16. The van der Waals surface area contributed by atoms with E-state index in [0.717, 1.165) is 13.1 Å². The molecule has 0 aromatic carbocycles. The second kappa shape index (κ2) is 4.80. The minimum absolute atomic E-state index is 0.444. The Morgan fingerprint density at radius 3 is 2.58 bits per heavy atom. The van der Waals surface area contributed by atoms with Crippen LogP contribution in [0.1, 0.15) is 12.8 Å². The molecule has 1 heterocycles. The lowest BCUT2D eigenvalue weighted by atomic mass is 10.2. The van der Waals surface area contributed by atoms with Crippen molar-refractivity contribution in [1.29, 1.82) is 0 Å². The normalized spacial score (nSPS) is 30.0. The minimum atomic E-state index is 0.444. The number of ether oxygens (including phenoxy) is 1. The summed E-state index contributed by atoms with van der Waals surface area (Å²) in [7, 11) is 6.16. The fraction of sp³-hybridized carbons (Fsp3) is 1.00. The zero-order valence-corrected chi connectivity index (χ0v) is 8.34. The SMILES string of the molecule is CNCC1CCC(CN(C)C)O1. The van der Waals surface area contributed by atoms with Crippen LogP contribution in [-0.4, -0.2) is 51.3 Å². The monoisotopic (exact) mass is 172 g/mol. The first-order valence-corrected chi connectivity index (χ1v) is 4.67. The smallest absolute Gasteiger partial charge is 0.0707 e. The summed E-state index contributed by atoms with van der Waals surface area (Å²) < 4.78 is 5.81. The molecule has 1 N–H and O–H groups in total. The fourth-order valence-corrected chi connectivity index (χ4v) is 1.70. The van der Waals surface area contributed by atoms with Gasteiger partial charge < -0.3 is 15.0 Å². The maximum Gasteiger partial charge on any atom is 0.0707 e. The van der Waals surface area contributed by atoms with Gasteiger partial charge in [-0.1, -0.05) is 0 Å². The van der Waals surface area contributed by atoms with Crippen molar-refractivity contribution in [2.75, 3.05) is 34.2 Å². The number of likely N-dealkylation sites (N-methyl/N-ethyl adjacent to an activating group) is 2. The van der Waals surface area contributed by atoms with E-state index >= 15 is 0 Å². The van der Waals surface area contributed by atoms with Crippen LogP contribution in [0, 0.1) is 0 Å². The van der Waals surface area contributed by atoms with Crippen molar-refractivity contribution in [2.24, 2.45) is 0 Å². The van der Waals surface area contributed by atoms with Crippen LogP contribution in [0.2, 0.25) is 0 Å². The quantitative estimate of drug-likeness (QED) is 0.661. The Morgan fingerprint density at radius 1 is 1.33 bits per heavy atom. The highest BCUT2D eigenvalue weighted by Crippen LogP contribution is 2.19. The average Bonchev–Trinajstić information content (AvgIpc) is 2.36. The topological polar surface area (TPSA) is 24.5 Å². The van der Waals surface area contributed by atoms with Gasteiger partial charge >= 0.3 is 0 Å². The van der Waals surface area contributed by atoms with Crippen LogP contribution in [-0.2, 0) is 4.74 Å². The summed E-state index contributed by atoms with van der Waals surface area (Å²) in [5.74, 6) is 0. The molecule has 2 unspecified atom stereocenters. The Kier molecular flexibility index (Phi) is 3.98. The zero-order chi connectivity index (χ0) is 8.97. The van der Waals surface area contributed by atoms with Gasteiger partial charge in [-0.25, -0.2) is 0 Å². The summed E-state index contributed by atoms with van der Waals surface area (Å²) in [6, 6.07) is 0. The lowest BCUT2D eigenvalue weighted by molar-refractivity contribution is 0.0326. The molecule has 0 aromatic rings. The molecule has 3 nitrogen and oxygen atoms in total. The van der Waals surface area contributed by atoms with E-state index in [0.29, 0.717) is 12.2 Å². The molecule has 0 bridgehead atoms. The highest BCUT2D eigenvalue weighted by atomic mass is 16.5. The van der Waals surface area contributed by atoms with Gasteiger partial charge in [0.25, 0.3) is 0 Å². The molecule has 12 heavy (non-hydrogen) atoms. The van der Waals surface area contributed by atoms with E-state index in [9.17, 15) is 0 Å². The highest BCUT2D eigenvalue weighted by Gasteiger charge is 2.24. The van der Waals surface area contributed by atoms with Crippen LogP contribution in [0.3, 0.4) is 0 Å². The standard InChI is InChI=1S/C9H20N2O/c1-10-6-8-4-5-9(12-8)7-11(2)3/h8-10H,4-7H2,1-3H3. The Bertz CT molecular complexity index is 128. The predicted molar refractivity (Wildman–Crippen MR) is 50.4 cm³/mol. The van der Waals surface area contributed by atoms with E-state index in [1.54, 1.807) is 0 Å². The molecular weight excluding hydrogens is 152 g/mol. The maximum absolute atomic E-state index is 5.81. The van der Waals surface area contributed by atoms with Gasteiger partial charge in [0.15, 0.2) is 0 Å². The van der Waals surface area contributed by atoms with Gasteiger partial charge in [-0.05, 0) is 34.0 Å². The molecule has 0 radical (unpaired) electrons. The third kappa shape index (κ3) is 3.09. The van der Waals surface area contributed by atoms with E-state index in [4.69, 9.17) is 4.74 Å². The van der Waals surface area contributed by atoms with E-state index in [2.05, 4.69) is 24.3 Å². The fourth-order valence-electron chi connectivity index (χ4n) is 1.70. The largest absolute Gasteiger partial charge is 0.372 e. The van der Waals surface area contributed by atoms with Crippen molar-refractivity contribution in [1.82, 2.24) is 10.2 Å². The first-order chi connectivity index (χ1) is 5.72. The lowest BCUT2D eigenvalue weighted by Crippen LogP contribution is -2.29. The molecule has 0 aliphatic carbocycles. The maximum atomic E-state index is 5.81. The molecule has 1 saturated heterocycles. The molecule has 1 fully saturated rings. The van der Waals surface area contributed by atoms with Crippen LogP contribution in [0.15, 0.2) is 0 Å². The van der Waals surface area contributed by atoms with Gasteiger partial charge in [-0.3, -0.25) is 0 Å². The molecule has 0 spiro atoms. The number of rotatable bonds is 4. The molecule has 1 aliphatic heterocycles. The van der Waals surface area contributed by atoms with Crippen LogP contribution in [0.4, 0.5) is 0 Å². The van der Waals surface area contributed by atoms with E-state index in [1.807, 2.05) is 7.05 Å². The van der Waals surface area contributed by atoms with Gasteiger partial charge in [0.2, 0.25) is 0 Å². The molecule has 0 saturated carbocycles. The zero-order valence-electron chi connectivity index (χ0n) is 8.34. The third-order valence-corrected chi connectivity index (χ3v) is 2.20.